The molecule has 7 N–H and O–H groups in total. The molecule has 3 aliphatic rings. The highest BCUT2D eigenvalue weighted by atomic mass is 19.1. The van der Waals surface area contributed by atoms with Crippen LogP contribution in [0.25, 0.3) is 22.3 Å². The monoisotopic (exact) mass is 922 g/mol. The van der Waals surface area contributed by atoms with Gasteiger partial charge >= 0.3 is 5.97 Å². The Morgan fingerprint density at radius 3 is 2.28 bits per heavy atom. The fourth-order valence-electron chi connectivity index (χ4n) is 8.14. The number of rotatable bonds is 19. The second-order valence-corrected chi connectivity index (χ2v) is 16.1. The Morgan fingerprint density at radius 2 is 1.57 bits per heavy atom. The zero-order chi connectivity index (χ0) is 48.0. The highest BCUT2D eigenvalue weighted by molar-refractivity contribution is 6.12. The Kier molecular flexibility index (Phi) is 14.3. The number of aliphatic hydroxyl groups excluding tert-OH is 1. The summed E-state index contributed by atoms with van der Waals surface area (Å²) in [6.07, 6.45) is 3.96. The first-order chi connectivity index (χ1) is 32.1. The Morgan fingerprint density at radius 1 is 0.866 bits per heavy atom. The molecule has 7 amide bonds. The van der Waals surface area contributed by atoms with Crippen LogP contribution in [0.2, 0.25) is 0 Å². The van der Waals surface area contributed by atoms with E-state index < -0.39 is 84.8 Å². The van der Waals surface area contributed by atoms with Crippen LogP contribution in [0, 0.1) is 5.82 Å². The number of esters is 1. The maximum Gasteiger partial charge on any atom is 0.343 e. The molecule has 5 heterocycles. The fraction of sp³-hybridized carbons (Fsp3) is 0.348. The van der Waals surface area contributed by atoms with Crippen molar-refractivity contribution in [1.29, 1.82) is 0 Å². The molecule has 350 valence electrons. The van der Waals surface area contributed by atoms with Gasteiger partial charge in [0.1, 0.15) is 18.5 Å². The number of aliphatic hydroxyl groups is 2. The summed E-state index contributed by atoms with van der Waals surface area (Å²) in [5.41, 5.74) is -0.754. The van der Waals surface area contributed by atoms with Crippen molar-refractivity contribution in [3.63, 3.8) is 0 Å². The molecule has 0 saturated carbocycles. The first kappa shape index (κ1) is 47.3. The summed E-state index contributed by atoms with van der Waals surface area (Å²) in [6.45, 7) is -0.752. The lowest BCUT2D eigenvalue weighted by Crippen LogP contribution is -2.52. The molecule has 0 bridgehead atoms. The van der Waals surface area contributed by atoms with Crippen molar-refractivity contribution in [2.45, 2.75) is 76.9 Å². The predicted molar refractivity (Wildman–Crippen MR) is 234 cm³/mol. The number of cyclic esters (lactones) is 1. The van der Waals surface area contributed by atoms with Gasteiger partial charge in [0.05, 0.1) is 60.9 Å². The topological polar surface area (TPSA) is 285 Å². The van der Waals surface area contributed by atoms with E-state index in [0.717, 1.165) is 11.0 Å². The molecule has 4 aromatic rings. The SMILES string of the molecule is CC[C@@]1(O)C(=O)OCc2c1cc1n(c2=O)Cc2c-1nc1cc(F)c(NC(=O)CNC(=O)C(Cc3ccccc3)NC(=O)CNC(=O)CNC(=O)CCCCCN3C(=O)C=CC3=O)cc1c2CO. The molecule has 0 radical (unpaired) electrons. The minimum Gasteiger partial charge on any atom is -0.458 e. The predicted octanol–water partition coefficient (Wildman–Crippen LogP) is 0.211. The smallest absolute Gasteiger partial charge is 0.343 e. The third kappa shape index (κ3) is 10.3. The van der Waals surface area contributed by atoms with Gasteiger partial charge in [-0.2, -0.15) is 0 Å². The Balaban J connectivity index is 0.937. The summed E-state index contributed by atoms with van der Waals surface area (Å²) in [7, 11) is 0. The van der Waals surface area contributed by atoms with E-state index in [-0.39, 0.29) is 95.4 Å². The van der Waals surface area contributed by atoms with Gasteiger partial charge in [-0.15, -0.1) is 0 Å². The molecule has 0 spiro atoms. The molecule has 7 rings (SSSR count). The van der Waals surface area contributed by atoms with Crippen molar-refractivity contribution < 1.29 is 57.7 Å². The van der Waals surface area contributed by atoms with Gasteiger partial charge in [-0.05, 0) is 42.5 Å². The number of hydrogen-bond donors (Lipinski definition) is 7. The van der Waals surface area contributed by atoms with Gasteiger partial charge in [-0.3, -0.25) is 43.3 Å². The number of aromatic nitrogens is 2. The maximum absolute atomic E-state index is 15.7. The molecule has 3 aliphatic heterocycles. The number of carbonyl (C=O) groups excluding carboxylic acids is 8. The standard InChI is InChI=1S/C46H47FN8O12/c1-2-46(66)30-17-35-42-27(22-55(35)44(64)29(30)24-67-45(46)65)28(23-56)26-16-33(31(47)18-32(26)53-42)51-39(60)21-50-43(63)34(15-25-9-5-3-6-10-25)52-38(59)20-49-37(58)19-48-36(57)11-7-4-8-14-54-40(61)12-13-41(54)62/h3,5-6,9-10,12-13,16-18,34,56,66H,2,4,7-8,11,14-15,19-24H2,1H3,(H,48,57)(H,49,58)(H,50,63)(H,51,60)(H,52,59)/t34?,46-/m0/s1. The van der Waals surface area contributed by atoms with E-state index in [1.165, 1.54) is 28.9 Å². The lowest BCUT2D eigenvalue weighted by atomic mass is 9.86. The van der Waals surface area contributed by atoms with Crippen LogP contribution in [0.5, 0.6) is 0 Å². The zero-order valence-corrected chi connectivity index (χ0v) is 36.2. The number of imide groups is 1. The molecule has 2 aromatic heterocycles. The Bertz CT molecular complexity index is 2780. The van der Waals surface area contributed by atoms with E-state index in [1.54, 1.807) is 37.3 Å². The van der Waals surface area contributed by atoms with Gasteiger partial charge in [-0.1, -0.05) is 43.7 Å². The number of halogens is 1. The van der Waals surface area contributed by atoms with E-state index in [2.05, 4.69) is 31.6 Å². The molecular weight excluding hydrogens is 876 g/mol. The summed E-state index contributed by atoms with van der Waals surface area (Å²) < 4.78 is 22.1. The summed E-state index contributed by atoms with van der Waals surface area (Å²) in [6, 6.07) is 11.2. The fourth-order valence-corrected chi connectivity index (χ4v) is 8.14. The lowest BCUT2D eigenvalue weighted by molar-refractivity contribution is -0.172. The van der Waals surface area contributed by atoms with Crippen LogP contribution in [0.4, 0.5) is 10.1 Å². The molecule has 2 atom stereocenters. The first-order valence-corrected chi connectivity index (χ1v) is 21.5. The summed E-state index contributed by atoms with van der Waals surface area (Å²) in [4.78, 5) is 119. The van der Waals surface area contributed by atoms with Crippen molar-refractivity contribution >= 4 is 63.9 Å². The molecule has 0 saturated heterocycles. The van der Waals surface area contributed by atoms with Gasteiger partial charge in [-0.25, -0.2) is 14.2 Å². The van der Waals surface area contributed by atoms with E-state index in [4.69, 9.17) is 4.74 Å². The van der Waals surface area contributed by atoms with Gasteiger partial charge in [0.15, 0.2) is 5.60 Å². The maximum atomic E-state index is 15.7. The molecule has 67 heavy (non-hydrogen) atoms. The van der Waals surface area contributed by atoms with Gasteiger partial charge in [0, 0.05) is 54.1 Å². The average Bonchev–Trinajstić information content (AvgIpc) is 3.85. The van der Waals surface area contributed by atoms with E-state index in [9.17, 15) is 53.4 Å². The largest absolute Gasteiger partial charge is 0.458 e. The number of fused-ring (bicyclic) bond motifs is 5. The second kappa shape index (κ2) is 20.3. The molecular formula is C46H47FN8O12. The highest BCUT2D eigenvalue weighted by Crippen LogP contribution is 2.41. The van der Waals surface area contributed by atoms with Crippen LogP contribution in [0.15, 0.2) is 65.5 Å². The van der Waals surface area contributed by atoms with E-state index >= 15 is 4.39 Å². The lowest BCUT2D eigenvalue weighted by Gasteiger charge is -2.31. The first-order valence-electron chi connectivity index (χ1n) is 21.5. The van der Waals surface area contributed by atoms with Gasteiger partial charge in [0.2, 0.25) is 29.5 Å². The summed E-state index contributed by atoms with van der Waals surface area (Å²) in [5, 5.41) is 34.2. The van der Waals surface area contributed by atoms with Crippen molar-refractivity contribution in [3.05, 3.63) is 105 Å². The number of hydrogen-bond acceptors (Lipinski definition) is 13. The summed E-state index contributed by atoms with van der Waals surface area (Å²) in [5.74, 6) is -6.00. The van der Waals surface area contributed by atoms with Crippen LogP contribution in [0.3, 0.4) is 0 Å². The minimum absolute atomic E-state index is 0.00384. The Labute approximate surface area is 380 Å². The normalized spacial score (nSPS) is 16.2. The number of carbonyl (C=O) groups is 8. The van der Waals surface area contributed by atoms with E-state index in [1.807, 2.05) is 0 Å². The minimum atomic E-state index is -2.06. The summed E-state index contributed by atoms with van der Waals surface area (Å²) >= 11 is 0. The molecule has 20 nitrogen and oxygen atoms in total. The quantitative estimate of drug-likeness (QED) is 0.0332. The van der Waals surface area contributed by atoms with Crippen LogP contribution < -0.4 is 32.1 Å². The zero-order valence-electron chi connectivity index (χ0n) is 36.2. The van der Waals surface area contributed by atoms with Crippen LogP contribution in [0.1, 0.15) is 66.8 Å². The van der Waals surface area contributed by atoms with Crippen molar-refractivity contribution in [1.82, 2.24) is 35.7 Å². The number of pyridine rings is 2. The van der Waals surface area contributed by atoms with Crippen molar-refractivity contribution in [2.24, 2.45) is 0 Å². The van der Waals surface area contributed by atoms with Gasteiger partial charge < -0.3 is 46.1 Å². The molecule has 2 aromatic carbocycles. The number of ether oxygens (including phenoxy) is 1. The Hall–Kier alpha value is -7.65. The van der Waals surface area contributed by atoms with Gasteiger partial charge in [0.25, 0.3) is 17.4 Å². The third-order valence-electron chi connectivity index (χ3n) is 11.8. The average molecular weight is 923 g/mol. The number of amides is 7. The molecule has 0 fully saturated rings. The molecule has 21 heteroatoms. The van der Waals surface area contributed by atoms with Crippen LogP contribution in [-0.2, 0) is 74.9 Å². The second-order valence-electron chi connectivity index (χ2n) is 16.1. The number of anilines is 1. The van der Waals surface area contributed by atoms with Crippen molar-refractivity contribution in [2.75, 3.05) is 31.5 Å². The van der Waals surface area contributed by atoms with E-state index in [0.29, 0.717) is 30.4 Å². The molecule has 0 aliphatic carbocycles. The highest BCUT2D eigenvalue weighted by Gasteiger charge is 2.45. The number of benzene rings is 2. The van der Waals surface area contributed by atoms with Crippen LogP contribution >= 0.6 is 0 Å². The molecule has 1 unspecified atom stereocenters. The number of nitrogens with zero attached hydrogens (tertiary/aromatic N) is 3. The van der Waals surface area contributed by atoms with Crippen LogP contribution in [-0.4, -0.2) is 104 Å². The number of unbranched alkanes of at least 4 members (excludes halogenated alkanes) is 2. The van der Waals surface area contributed by atoms with Crippen molar-refractivity contribution in [3.8, 4) is 11.4 Å². The third-order valence-corrected chi connectivity index (χ3v) is 11.8. The number of nitrogens with one attached hydrogen (secondary N) is 5.